The summed E-state index contributed by atoms with van der Waals surface area (Å²) in [5, 5.41) is 0. The maximum atomic E-state index is 11.7. The molecule has 0 spiro atoms. The molecule has 32 heavy (non-hydrogen) atoms. The lowest BCUT2D eigenvalue weighted by atomic mass is 10.2. The summed E-state index contributed by atoms with van der Waals surface area (Å²) in [6.07, 6.45) is 0.0437. The van der Waals surface area contributed by atoms with Gasteiger partial charge in [0.15, 0.2) is 0 Å². The molecule has 11 nitrogen and oxygen atoms in total. The van der Waals surface area contributed by atoms with Gasteiger partial charge in [-0.1, -0.05) is 0 Å². The van der Waals surface area contributed by atoms with Crippen molar-refractivity contribution in [3.8, 4) is 0 Å². The van der Waals surface area contributed by atoms with Gasteiger partial charge in [-0.2, -0.15) is 0 Å². The van der Waals surface area contributed by atoms with E-state index in [4.69, 9.17) is 14.2 Å². The van der Waals surface area contributed by atoms with E-state index >= 15 is 0 Å². The molecule has 0 aromatic rings. The van der Waals surface area contributed by atoms with Gasteiger partial charge in [0, 0.05) is 32.5 Å². The van der Waals surface area contributed by atoms with Gasteiger partial charge in [0.2, 0.25) is 0 Å². The Labute approximate surface area is 187 Å². The third-order valence-corrected chi connectivity index (χ3v) is 4.13. The van der Waals surface area contributed by atoms with Crippen LogP contribution in [-0.2, 0) is 47.7 Å². The maximum Gasteiger partial charge on any atom is 0.306 e. The van der Waals surface area contributed by atoms with Gasteiger partial charge in [-0.15, -0.1) is 0 Å². The maximum absolute atomic E-state index is 11.7. The van der Waals surface area contributed by atoms with Crippen LogP contribution in [0.2, 0.25) is 0 Å². The van der Waals surface area contributed by atoms with Crippen molar-refractivity contribution in [3.63, 3.8) is 0 Å². The van der Waals surface area contributed by atoms with Crippen molar-refractivity contribution in [1.82, 2.24) is 4.90 Å². The Morgan fingerprint density at radius 1 is 0.531 bits per heavy atom. The van der Waals surface area contributed by atoms with E-state index in [2.05, 4.69) is 4.74 Å². The van der Waals surface area contributed by atoms with Crippen LogP contribution in [0.25, 0.3) is 0 Å². The van der Waals surface area contributed by atoms with E-state index in [0.717, 1.165) is 0 Å². The lowest BCUT2D eigenvalue weighted by molar-refractivity contribution is -0.149. The quantitative estimate of drug-likeness (QED) is 0.210. The molecule has 0 unspecified atom stereocenters. The average molecular weight is 459 g/mol. The summed E-state index contributed by atoms with van der Waals surface area (Å²) in [5.74, 6) is -2.27. The first-order valence-corrected chi connectivity index (χ1v) is 10.4. The van der Waals surface area contributed by atoms with Crippen molar-refractivity contribution in [1.29, 1.82) is 0 Å². The van der Waals surface area contributed by atoms with Gasteiger partial charge in [0.05, 0.1) is 32.8 Å². The van der Waals surface area contributed by atoms with Gasteiger partial charge in [0.1, 0.15) is 31.4 Å². The molecule has 0 saturated carbocycles. The minimum atomic E-state index is -0.554. The van der Waals surface area contributed by atoms with Gasteiger partial charge >= 0.3 is 23.9 Å². The van der Waals surface area contributed by atoms with E-state index in [1.165, 1.54) is 21.0 Å². The van der Waals surface area contributed by atoms with Crippen molar-refractivity contribution >= 4 is 35.4 Å². The van der Waals surface area contributed by atoms with E-state index in [0.29, 0.717) is 0 Å². The molecule has 0 aliphatic heterocycles. The second kappa shape index (κ2) is 17.8. The molecule has 0 aromatic carbocycles. The Morgan fingerprint density at radius 2 is 0.844 bits per heavy atom. The predicted octanol–water partition coefficient (Wildman–Crippen LogP) is 0.610. The summed E-state index contributed by atoms with van der Waals surface area (Å²) in [6.45, 7) is 3.75. The van der Waals surface area contributed by atoms with Gasteiger partial charge < -0.3 is 28.5 Å². The van der Waals surface area contributed by atoms with Crippen molar-refractivity contribution in [2.75, 3.05) is 46.6 Å². The van der Waals surface area contributed by atoms with Gasteiger partial charge in [-0.05, 0) is 13.8 Å². The fraction of sp³-hybridized carbons (Fsp3) is 0.714. The lowest BCUT2D eigenvalue weighted by Crippen LogP contribution is -2.35. The monoisotopic (exact) mass is 459 g/mol. The van der Waals surface area contributed by atoms with E-state index in [9.17, 15) is 28.8 Å². The molecule has 0 fully saturated rings. The number of Topliss-reactive ketones (excluding diaryl/α,β-unsaturated/α-hetero) is 2. The minimum Gasteiger partial charge on any atom is -0.469 e. The average Bonchev–Trinajstić information content (AvgIpc) is 2.74. The number of ketones is 2. The van der Waals surface area contributed by atoms with Crippen LogP contribution in [0.5, 0.6) is 0 Å². The predicted molar refractivity (Wildman–Crippen MR) is 110 cm³/mol. The molecule has 0 amide bonds. The van der Waals surface area contributed by atoms with Crippen molar-refractivity contribution < 1.29 is 47.7 Å². The number of hydrogen-bond donors (Lipinski definition) is 0. The zero-order chi connectivity index (χ0) is 24.4. The Morgan fingerprint density at radius 3 is 1.16 bits per heavy atom. The molecule has 0 bridgehead atoms. The molecule has 0 rings (SSSR count). The molecule has 0 aromatic heterocycles. The summed E-state index contributed by atoms with van der Waals surface area (Å²) in [5.41, 5.74) is 0. The number of esters is 4. The Bertz CT molecular complexity index is 610. The number of hydrogen-bond acceptors (Lipinski definition) is 11. The number of methoxy groups -OCH3 is 1. The number of nitrogens with zero attached hydrogens (tertiary/aromatic N) is 1. The van der Waals surface area contributed by atoms with Crippen LogP contribution in [0.15, 0.2) is 0 Å². The van der Waals surface area contributed by atoms with Crippen LogP contribution in [0.3, 0.4) is 0 Å². The van der Waals surface area contributed by atoms with E-state index in [1.807, 2.05) is 0 Å². The number of ether oxygens (including phenoxy) is 4. The fourth-order valence-corrected chi connectivity index (χ4v) is 2.28. The highest BCUT2D eigenvalue weighted by molar-refractivity contribution is 5.81. The summed E-state index contributed by atoms with van der Waals surface area (Å²) in [7, 11) is 1.23. The van der Waals surface area contributed by atoms with Crippen LogP contribution in [0.4, 0.5) is 0 Å². The molecule has 0 saturated heterocycles. The van der Waals surface area contributed by atoms with Gasteiger partial charge in [-0.3, -0.25) is 24.1 Å². The summed E-state index contributed by atoms with van der Waals surface area (Å²) in [4.78, 5) is 69.6. The van der Waals surface area contributed by atoms with Crippen LogP contribution >= 0.6 is 0 Å². The third-order valence-electron chi connectivity index (χ3n) is 4.13. The first-order valence-electron chi connectivity index (χ1n) is 10.4. The number of rotatable bonds is 18. The zero-order valence-corrected chi connectivity index (χ0v) is 19.0. The second-order valence-electron chi connectivity index (χ2n) is 6.98. The summed E-state index contributed by atoms with van der Waals surface area (Å²) < 4.78 is 19.7. The Kier molecular flexibility index (Phi) is 16.2. The second-order valence-corrected chi connectivity index (χ2v) is 6.98. The van der Waals surface area contributed by atoms with E-state index < -0.39 is 23.9 Å². The van der Waals surface area contributed by atoms with Crippen molar-refractivity contribution in [2.45, 2.75) is 52.4 Å². The highest BCUT2D eigenvalue weighted by Crippen LogP contribution is 1.99. The number of carbonyl (C=O) groups is 6. The van der Waals surface area contributed by atoms with E-state index in [-0.39, 0.29) is 89.5 Å². The topological polar surface area (TPSA) is 143 Å². The minimum absolute atomic E-state index is 0.000895. The molecule has 11 heteroatoms. The summed E-state index contributed by atoms with van der Waals surface area (Å²) >= 11 is 0. The van der Waals surface area contributed by atoms with Crippen LogP contribution < -0.4 is 0 Å². The highest BCUT2D eigenvalue weighted by Gasteiger charge is 2.13. The van der Waals surface area contributed by atoms with Crippen LogP contribution in [0, 0.1) is 0 Å². The molecule has 0 radical (unpaired) electrons. The van der Waals surface area contributed by atoms with Crippen LogP contribution in [0.1, 0.15) is 52.4 Å². The lowest BCUT2D eigenvalue weighted by Gasteiger charge is -2.22. The highest BCUT2D eigenvalue weighted by atomic mass is 16.5. The molecule has 0 aliphatic rings. The normalized spacial score (nSPS) is 10.4. The SMILES string of the molecule is COC(=O)CCC(=O)OCCN(CCOC(=O)CCC(C)=O)CCOC(=O)CCC(C)=O. The van der Waals surface area contributed by atoms with E-state index in [1.54, 1.807) is 4.90 Å². The van der Waals surface area contributed by atoms with Gasteiger partial charge in [-0.25, -0.2) is 0 Å². The van der Waals surface area contributed by atoms with Crippen molar-refractivity contribution in [2.24, 2.45) is 0 Å². The third kappa shape index (κ3) is 18.0. The first kappa shape index (κ1) is 29.2. The Balaban J connectivity index is 4.41. The zero-order valence-electron chi connectivity index (χ0n) is 19.0. The smallest absolute Gasteiger partial charge is 0.306 e. The molecule has 0 atom stereocenters. The van der Waals surface area contributed by atoms with Gasteiger partial charge in [0.25, 0.3) is 0 Å². The fourth-order valence-electron chi connectivity index (χ4n) is 2.28. The molecule has 182 valence electrons. The largest absolute Gasteiger partial charge is 0.469 e. The van der Waals surface area contributed by atoms with Crippen LogP contribution in [-0.4, -0.2) is 86.9 Å². The van der Waals surface area contributed by atoms with Crippen molar-refractivity contribution in [3.05, 3.63) is 0 Å². The molecule has 0 N–H and O–H groups in total. The molecular formula is C21H33NO10. The first-order chi connectivity index (χ1) is 15.1. The summed E-state index contributed by atoms with van der Waals surface area (Å²) in [6, 6.07) is 0. The standard InChI is InChI=1S/C21H33NO10/c1-16(23)4-6-19(26)30-13-10-22(11-14-31-20(27)7-5-17(2)24)12-15-32-21(28)9-8-18(25)29-3/h4-15H2,1-3H3. The Hall–Kier alpha value is -2.82. The molecular weight excluding hydrogens is 426 g/mol. The molecule has 0 aliphatic carbocycles. The molecule has 0 heterocycles. The number of carbonyl (C=O) groups excluding carboxylic acids is 6.